The van der Waals surface area contributed by atoms with Gasteiger partial charge < -0.3 is 15.4 Å². The molecule has 9 nitrogen and oxygen atoms in total. The standard InChI is InChI=1S/C30H33N5O4S3/c1-5-39-29(38)25-20-9-6-7-10-22(20)42-28(25)32-26(36)19(4)41-30-34-33-24(16-31-27(37)23-11-8-14-40-23)35(30)21-15-17(2)12-13-18(21)3/h8,11-15,19H,5-7,9-10,16H2,1-4H3,(H,31,37)(H,32,36). The number of aryl methyl sites for hydroxylation is 3. The number of nitrogens with one attached hydrogen (secondary N) is 2. The maximum absolute atomic E-state index is 13.5. The number of rotatable bonds is 10. The maximum atomic E-state index is 13.5. The van der Waals surface area contributed by atoms with E-state index in [2.05, 4.69) is 20.8 Å². The number of hydrogen-bond acceptors (Lipinski definition) is 9. The topological polar surface area (TPSA) is 115 Å². The lowest BCUT2D eigenvalue weighted by molar-refractivity contribution is -0.115. The fourth-order valence-corrected chi connectivity index (χ4v) is 7.65. The van der Waals surface area contributed by atoms with Gasteiger partial charge in [-0.1, -0.05) is 30.0 Å². The van der Waals surface area contributed by atoms with Crippen LogP contribution in [0.2, 0.25) is 0 Å². The third-order valence-corrected chi connectivity index (χ3v) is 10.1. The number of benzene rings is 1. The molecule has 0 spiro atoms. The zero-order chi connectivity index (χ0) is 29.8. The number of ether oxygens (including phenoxy) is 1. The van der Waals surface area contributed by atoms with E-state index in [9.17, 15) is 14.4 Å². The van der Waals surface area contributed by atoms with Crippen LogP contribution < -0.4 is 10.6 Å². The summed E-state index contributed by atoms with van der Waals surface area (Å²) >= 11 is 4.11. The number of esters is 1. The average Bonchev–Trinajstić information content (AvgIpc) is 3.72. The van der Waals surface area contributed by atoms with Crippen molar-refractivity contribution < 1.29 is 19.1 Å². The van der Waals surface area contributed by atoms with Crippen molar-refractivity contribution in [3.8, 4) is 5.69 Å². The Labute approximate surface area is 257 Å². The highest BCUT2D eigenvalue weighted by Gasteiger charge is 2.29. The van der Waals surface area contributed by atoms with Crippen molar-refractivity contribution in [2.75, 3.05) is 11.9 Å². The van der Waals surface area contributed by atoms with Gasteiger partial charge >= 0.3 is 5.97 Å². The van der Waals surface area contributed by atoms with Crippen LogP contribution in [0.25, 0.3) is 5.69 Å². The number of carbonyl (C=O) groups is 3. The molecule has 0 bridgehead atoms. The normalized spacial score (nSPS) is 13.3. The Morgan fingerprint density at radius 3 is 2.71 bits per heavy atom. The molecular formula is C30H33N5O4S3. The Balaban J connectivity index is 1.39. The monoisotopic (exact) mass is 623 g/mol. The van der Waals surface area contributed by atoms with Crippen LogP contribution in [0, 0.1) is 13.8 Å². The van der Waals surface area contributed by atoms with Gasteiger partial charge in [-0.25, -0.2) is 4.79 Å². The van der Waals surface area contributed by atoms with Gasteiger partial charge in [0, 0.05) is 4.88 Å². The zero-order valence-corrected chi connectivity index (χ0v) is 26.4. The molecule has 1 aliphatic rings. The average molecular weight is 624 g/mol. The van der Waals surface area contributed by atoms with Crippen molar-refractivity contribution in [1.29, 1.82) is 0 Å². The van der Waals surface area contributed by atoms with Crippen LogP contribution in [0.15, 0.2) is 40.9 Å². The molecule has 2 N–H and O–H groups in total. The van der Waals surface area contributed by atoms with Crippen LogP contribution in [0.5, 0.6) is 0 Å². The number of thiophene rings is 2. The zero-order valence-electron chi connectivity index (χ0n) is 24.0. The van der Waals surface area contributed by atoms with Crippen LogP contribution in [-0.4, -0.2) is 44.4 Å². The molecule has 42 heavy (non-hydrogen) atoms. The minimum Gasteiger partial charge on any atom is -0.462 e. The number of thioether (sulfide) groups is 1. The van der Waals surface area contributed by atoms with Crippen molar-refractivity contribution in [3.05, 3.63) is 73.5 Å². The molecule has 2 amide bonds. The summed E-state index contributed by atoms with van der Waals surface area (Å²) in [6.07, 6.45) is 3.79. The van der Waals surface area contributed by atoms with Crippen molar-refractivity contribution in [2.24, 2.45) is 0 Å². The largest absolute Gasteiger partial charge is 0.462 e. The molecule has 0 aliphatic heterocycles. The first-order valence-electron chi connectivity index (χ1n) is 13.9. The summed E-state index contributed by atoms with van der Waals surface area (Å²) in [5.41, 5.74) is 4.45. The van der Waals surface area contributed by atoms with Gasteiger partial charge in [-0.15, -0.1) is 32.9 Å². The summed E-state index contributed by atoms with van der Waals surface area (Å²) < 4.78 is 7.24. The van der Waals surface area contributed by atoms with Gasteiger partial charge in [0.05, 0.1) is 34.5 Å². The molecule has 4 aromatic rings. The van der Waals surface area contributed by atoms with Crippen molar-refractivity contribution in [2.45, 2.75) is 70.3 Å². The molecule has 3 aromatic heterocycles. The Morgan fingerprint density at radius 2 is 1.95 bits per heavy atom. The van der Waals surface area contributed by atoms with Crippen LogP contribution in [-0.2, 0) is 28.9 Å². The number of aromatic nitrogens is 3. The molecule has 3 heterocycles. The van der Waals surface area contributed by atoms with Gasteiger partial charge in [-0.05, 0) is 87.6 Å². The fourth-order valence-electron chi connectivity index (χ4n) is 4.85. The van der Waals surface area contributed by atoms with Gasteiger partial charge in [-0.2, -0.15) is 0 Å². The maximum Gasteiger partial charge on any atom is 0.341 e. The van der Waals surface area contributed by atoms with Crippen LogP contribution in [0.4, 0.5) is 5.00 Å². The van der Waals surface area contributed by atoms with Gasteiger partial charge in [0.15, 0.2) is 11.0 Å². The van der Waals surface area contributed by atoms with Crippen LogP contribution in [0.1, 0.15) is 74.1 Å². The summed E-state index contributed by atoms with van der Waals surface area (Å²) in [4.78, 5) is 40.8. The molecule has 0 saturated heterocycles. The van der Waals surface area contributed by atoms with Gasteiger partial charge in [0.2, 0.25) is 5.91 Å². The van der Waals surface area contributed by atoms with Crippen LogP contribution >= 0.6 is 34.4 Å². The molecule has 1 unspecified atom stereocenters. The molecular weight excluding hydrogens is 591 g/mol. The number of anilines is 1. The number of amides is 2. The highest BCUT2D eigenvalue weighted by atomic mass is 32.2. The lowest BCUT2D eigenvalue weighted by Crippen LogP contribution is -2.25. The summed E-state index contributed by atoms with van der Waals surface area (Å²) in [5.74, 6) is -0.263. The Kier molecular flexibility index (Phi) is 9.44. The minimum absolute atomic E-state index is 0.169. The number of hydrogen-bond donors (Lipinski definition) is 2. The predicted molar refractivity (Wildman–Crippen MR) is 167 cm³/mol. The first kappa shape index (κ1) is 30.0. The summed E-state index contributed by atoms with van der Waals surface area (Å²) in [6, 6.07) is 9.71. The second kappa shape index (κ2) is 13.2. The number of nitrogens with zero attached hydrogens (tertiary/aromatic N) is 3. The Morgan fingerprint density at radius 1 is 1.14 bits per heavy atom. The first-order valence-corrected chi connectivity index (χ1v) is 16.5. The molecule has 12 heteroatoms. The molecule has 1 aliphatic carbocycles. The smallest absolute Gasteiger partial charge is 0.341 e. The number of fused-ring (bicyclic) bond motifs is 1. The predicted octanol–water partition coefficient (Wildman–Crippen LogP) is 6.11. The second-order valence-electron chi connectivity index (χ2n) is 10.1. The van der Waals surface area contributed by atoms with E-state index in [1.165, 1.54) is 34.4 Å². The van der Waals surface area contributed by atoms with E-state index in [-0.39, 0.29) is 25.0 Å². The first-order chi connectivity index (χ1) is 20.3. The van der Waals surface area contributed by atoms with Crippen molar-refractivity contribution in [3.63, 3.8) is 0 Å². The Hall–Kier alpha value is -3.48. The van der Waals surface area contributed by atoms with Crippen molar-refractivity contribution in [1.82, 2.24) is 20.1 Å². The second-order valence-corrected chi connectivity index (χ2v) is 13.4. The van der Waals surface area contributed by atoms with Crippen molar-refractivity contribution >= 4 is 57.2 Å². The van der Waals surface area contributed by atoms with Crippen LogP contribution in [0.3, 0.4) is 0 Å². The molecule has 0 saturated carbocycles. The van der Waals surface area contributed by atoms with E-state index in [0.717, 1.165) is 52.9 Å². The van der Waals surface area contributed by atoms with E-state index >= 15 is 0 Å². The number of carbonyl (C=O) groups excluding carboxylic acids is 3. The minimum atomic E-state index is -0.555. The van der Waals surface area contributed by atoms with E-state index in [4.69, 9.17) is 4.74 Å². The fraction of sp³-hybridized carbons (Fsp3) is 0.367. The quantitative estimate of drug-likeness (QED) is 0.162. The SMILES string of the molecule is CCOC(=O)c1c(NC(=O)C(C)Sc2nnc(CNC(=O)c3cccs3)n2-c2cc(C)ccc2C)sc2c1CCCC2. The van der Waals surface area contributed by atoms with E-state index in [1.807, 2.05) is 48.1 Å². The lowest BCUT2D eigenvalue weighted by Gasteiger charge is -2.16. The molecule has 1 aromatic carbocycles. The molecule has 0 fully saturated rings. The summed E-state index contributed by atoms with van der Waals surface area (Å²) in [7, 11) is 0. The highest BCUT2D eigenvalue weighted by molar-refractivity contribution is 8.00. The molecule has 5 rings (SSSR count). The highest BCUT2D eigenvalue weighted by Crippen LogP contribution is 2.39. The van der Waals surface area contributed by atoms with E-state index in [1.54, 1.807) is 19.9 Å². The molecule has 220 valence electrons. The van der Waals surface area contributed by atoms with Gasteiger partial charge in [0.1, 0.15) is 5.00 Å². The van der Waals surface area contributed by atoms with Gasteiger partial charge in [-0.3, -0.25) is 14.2 Å². The van der Waals surface area contributed by atoms with E-state index < -0.39 is 11.2 Å². The lowest BCUT2D eigenvalue weighted by atomic mass is 9.95. The third kappa shape index (κ3) is 6.45. The van der Waals surface area contributed by atoms with E-state index in [0.29, 0.717) is 26.4 Å². The molecule has 0 radical (unpaired) electrons. The molecule has 1 atom stereocenters. The summed E-state index contributed by atoms with van der Waals surface area (Å²) in [5, 5.41) is 17.2. The third-order valence-electron chi connectivity index (χ3n) is 7.00. The van der Waals surface area contributed by atoms with Gasteiger partial charge in [0.25, 0.3) is 5.91 Å². The Bertz CT molecular complexity index is 1610. The summed E-state index contributed by atoms with van der Waals surface area (Å²) in [6.45, 7) is 8.04.